The molecule has 0 spiro atoms. The molecule has 6 nitrogen and oxygen atoms in total. The Morgan fingerprint density at radius 2 is 1.84 bits per heavy atom. The van der Waals surface area contributed by atoms with Crippen molar-refractivity contribution in [1.82, 2.24) is 15.2 Å². The van der Waals surface area contributed by atoms with E-state index in [0.29, 0.717) is 13.2 Å². The Kier molecular flexibility index (Phi) is 7.60. The van der Waals surface area contributed by atoms with Crippen molar-refractivity contribution in [2.45, 2.75) is 51.6 Å². The summed E-state index contributed by atoms with van der Waals surface area (Å²) in [7, 11) is 0. The molecule has 0 amide bonds. The van der Waals surface area contributed by atoms with Gasteiger partial charge < -0.3 is 14.3 Å². The van der Waals surface area contributed by atoms with Gasteiger partial charge in [0.25, 0.3) is 0 Å². The molecule has 0 fully saturated rings. The Balaban J connectivity index is 1.51. The number of ether oxygens (including phenoxy) is 2. The molecule has 0 aliphatic rings. The summed E-state index contributed by atoms with van der Waals surface area (Å²) >= 11 is 0. The van der Waals surface area contributed by atoms with Crippen molar-refractivity contribution in [3.63, 3.8) is 0 Å². The monoisotopic (exact) mass is 345 g/mol. The summed E-state index contributed by atoms with van der Waals surface area (Å²) in [6.07, 6.45) is 9.66. The lowest BCUT2D eigenvalue weighted by Crippen LogP contribution is -2.26. The molecule has 2 aromatic rings. The highest BCUT2D eigenvalue weighted by atomic mass is 16.5. The van der Waals surface area contributed by atoms with E-state index in [2.05, 4.69) is 15.2 Å². The first-order valence-electron chi connectivity index (χ1n) is 8.79. The summed E-state index contributed by atoms with van der Waals surface area (Å²) in [6, 6.07) is 5.73. The number of H-pyrrole nitrogens is 1. The van der Waals surface area contributed by atoms with Crippen LogP contribution in [-0.2, 0) is 9.53 Å². The Hall–Kier alpha value is -2.21. The van der Waals surface area contributed by atoms with Crippen LogP contribution in [-0.4, -0.2) is 40.3 Å². The minimum atomic E-state index is -0.658. The van der Waals surface area contributed by atoms with Gasteiger partial charge in [0.2, 0.25) is 0 Å². The van der Waals surface area contributed by atoms with Crippen molar-refractivity contribution in [3.8, 4) is 17.1 Å². The van der Waals surface area contributed by atoms with Crippen LogP contribution in [0.15, 0.2) is 30.6 Å². The van der Waals surface area contributed by atoms with Gasteiger partial charge in [-0.3, -0.25) is 10.1 Å². The Morgan fingerprint density at radius 1 is 1.08 bits per heavy atom. The first kappa shape index (κ1) is 19.1. The van der Waals surface area contributed by atoms with E-state index in [9.17, 15) is 4.79 Å². The number of aromatic amines is 1. The molecule has 0 bridgehead atoms. The zero-order valence-electron chi connectivity index (χ0n) is 15.0. The van der Waals surface area contributed by atoms with Gasteiger partial charge in [0.05, 0.1) is 24.2 Å². The van der Waals surface area contributed by atoms with Crippen molar-refractivity contribution < 1.29 is 14.3 Å². The summed E-state index contributed by atoms with van der Waals surface area (Å²) in [6.45, 7) is 4.90. The standard InChI is InChI=1S/C19H27N3O3/c1-19(2,15-23)25-13-7-5-3-4-6-12-24-16-8-9-17(20-14-16)18-10-11-21-22-18/h8-11,14-15H,3-7,12-13H2,1-2H3,(H,21,22). The zero-order chi connectivity index (χ0) is 18.0. The van der Waals surface area contributed by atoms with Crippen LogP contribution in [0.3, 0.4) is 0 Å². The molecule has 0 aliphatic carbocycles. The second kappa shape index (κ2) is 9.93. The number of nitrogens with one attached hydrogen (secondary N) is 1. The Bertz CT molecular complexity index is 609. The maximum absolute atomic E-state index is 10.7. The third kappa shape index (κ3) is 7.05. The highest BCUT2D eigenvalue weighted by Gasteiger charge is 2.15. The van der Waals surface area contributed by atoms with E-state index in [0.717, 1.165) is 55.5 Å². The van der Waals surface area contributed by atoms with Crippen LogP contribution >= 0.6 is 0 Å². The molecule has 25 heavy (non-hydrogen) atoms. The molecule has 0 atom stereocenters. The van der Waals surface area contributed by atoms with E-state index >= 15 is 0 Å². The molecule has 0 aliphatic heterocycles. The van der Waals surface area contributed by atoms with Crippen LogP contribution in [0.25, 0.3) is 11.4 Å². The van der Waals surface area contributed by atoms with Gasteiger partial charge in [-0.2, -0.15) is 5.10 Å². The molecular weight excluding hydrogens is 318 g/mol. The van der Waals surface area contributed by atoms with Crippen LogP contribution in [0, 0.1) is 0 Å². The molecule has 2 heterocycles. The molecule has 0 aromatic carbocycles. The predicted octanol–water partition coefficient (Wildman–Crippen LogP) is 3.80. The maximum Gasteiger partial charge on any atom is 0.151 e. The average Bonchev–Trinajstić information content (AvgIpc) is 3.15. The van der Waals surface area contributed by atoms with E-state index < -0.39 is 5.60 Å². The highest BCUT2D eigenvalue weighted by molar-refractivity contribution is 5.60. The molecule has 2 rings (SSSR count). The van der Waals surface area contributed by atoms with Gasteiger partial charge in [-0.15, -0.1) is 0 Å². The fourth-order valence-corrected chi connectivity index (χ4v) is 2.32. The number of hydrogen-bond donors (Lipinski definition) is 1. The lowest BCUT2D eigenvalue weighted by molar-refractivity contribution is -0.127. The van der Waals surface area contributed by atoms with Gasteiger partial charge in [-0.25, -0.2) is 0 Å². The first-order valence-corrected chi connectivity index (χ1v) is 8.79. The van der Waals surface area contributed by atoms with E-state index in [-0.39, 0.29) is 0 Å². The van der Waals surface area contributed by atoms with Gasteiger partial charge in [0.15, 0.2) is 6.29 Å². The highest BCUT2D eigenvalue weighted by Crippen LogP contribution is 2.17. The number of carbonyl (C=O) groups is 1. The molecule has 6 heteroatoms. The quantitative estimate of drug-likeness (QED) is 0.468. The minimum Gasteiger partial charge on any atom is -0.492 e. The average molecular weight is 345 g/mol. The fourth-order valence-electron chi connectivity index (χ4n) is 2.32. The summed E-state index contributed by atoms with van der Waals surface area (Å²) in [5.41, 5.74) is 1.09. The van der Waals surface area contributed by atoms with Crippen molar-refractivity contribution in [3.05, 3.63) is 30.6 Å². The summed E-state index contributed by atoms with van der Waals surface area (Å²) in [5.74, 6) is 0.785. The van der Waals surface area contributed by atoms with E-state index in [1.807, 2.05) is 18.2 Å². The largest absolute Gasteiger partial charge is 0.492 e. The second-order valence-electron chi connectivity index (χ2n) is 6.54. The third-order valence-electron chi connectivity index (χ3n) is 3.83. The smallest absolute Gasteiger partial charge is 0.151 e. The maximum atomic E-state index is 10.7. The zero-order valence-corrected chi connectivity index (χ0v) is 15.0. The summed E-state index contributed by atoms with van der Waals surface area (Å²) < 4.78 is 11.2. The number of carbonyl (C=O) groups excluding carboxylic acids is 1. The summed E-state index contributed by atoms with van der Waals surface area (Å²) in [4.78, 5) is 15.1. The number of rotatable bonds is 12. The van der Waals surface area contributed by atoms with Gasteiger partial charge in [0, 0.05) is 12.8 Å². The number of aromatic nitrogens is 3. The van der Waals surface area contributed by atoms with E-state index in [1.54, 1.807) is 26.2 Å². The second-order valence-corrected chi connectivity index (χ2v) is 6.54. The number of aldehydes is 1. The van der Waals surface area contributed by atoms with Crippen LogP contribution in [0.2, 0.25) is 0 Å². The number of unbranched alkanes of at least 4 members (excludes halogenated alkanes) is 4. The molecule has 0 saturated carbocycles. The predicted molar refractivity (Wildman–Crippen MR) is 96.5 cm³/mol. The topological polar surface area (TPSA) is 77.1 Å². The molecule has 2 aromatic heterocycles. The van der Waals surface area contributed by atoms with Crippen molar-refractivity contribution in [2.24, 2.45) is 0 Å². The number of pyridine rings is 1. The van der Waals surface area contributed by atoms with Crippen molar-refractivity contribution in [2.75, 3.05) is 13.2 Å². The van der Waals surface area contributed by atoms with Crippen LogP contribution in [0.4, 0.5) is 0 Å². The first-order chi connectivity index (χ1) is 12.1. The Labute approximate surface area is 149 Å². The fraction of sp³-hybridized carbons (Fsp3) is 0.526. The van der Waals surface area contributed by atoms with Crippen LogP contribution in [0.5, 0.6) is 5.75 Å². The molecule has 0 saturated heterocycles. The van der Waals surface area contributed by atoms with E-state index in [4.69, 9.17) is 9.47 Å². The van der Waals surface area contributed by atoms with E-state index in [1.165, 1.54) is 0 Å². The van der Waals surface area contributed by atoms with Gasteiger partial charge in [-0.05, 0) is 44.9 Å². The van der Waals surface area contributed by atoms with Crippen LogP contribution < -0.4 is 4.74 Å². The minimum absolute atomic E-state index is 0.636. The molecular formula is C19H27N3O3. The van der Waals surface area contributed by atoms with Crippen LogP contribution in [0.1, 0.15) is 46.0 Å². The van der Waals surface area contributed by atoms with Crippen molar-refractivity contribution >= 4 is 6.29 Å². The van der Waals surface area contributed by atoms with Gasteiger partial charge in [0.1, 0.15) is 11.4 Å². The Morgan fingerprint density at radius 3 is 2.48 bits per heavy atom. The lowest BCUT2D eigenvalue weighted by atomic mass is 10.1. The molecule has 1 N–H and O–H groups in total. The normalized spacial score (nSPS) is 11.4. The third-order valence-corrected chi connectivity index (χ3v) is 3.83. The number of nitrogens with zero attached hydrogens (tertiary/aromatic N) is 2. The molecule has 136 valence electrons. The molecule has 0 unspecified atom stereocenters. The summed E-state index contributed by atoms with van der Waals surface area (Å²) in [5, 5.41) is 6.80. The number of hydrogen-bond acceptors (Lipinski definition) is 5. The van der Waals surface area contributed by atoms with Gasteiger partial charge in [-0.1, -0.05) is 19.3 Å². The van der Waals surface area contributed by atoms with Gasteiger partial charge >= 0.3 is 0 Å². The SMILES string of the molecule is CC(C)(C=O)OCCCCCCCOc1ccc(-c2ccn[nH]2)nc1. The molecule has 0 radical (unpaired) electrons. The van der Waals surface area contributed by atoms with Crippen molar-refractivity contribution in [1.29, 1.82) is 0 Å². The lowest BCUT2D eigenvalue weighted by Gasteiger charge is -2.17.